The molecule has 4 N–H and O–H groups in total. The Kier molecular flexibility index (Phi) is 8.87. The molecule has 1 aromatic rings. The van der Waals surface area contributed by atoms with Gasteiger partial charge in [-0.15, -0.1) is 11.8 Å². The lowest BCUT2D eigenvalue weighted by atomic mass is 10.1. The Hall–Kier alpha value is -2.89. The molecule has 0 aromatic carbocycles. The number of carbonyl (C=O) groups is 3. The third-order valence-electron chi connectivity index (χ3n) is 4.84. The van der Waals surface area contributed by atoms with Gasteiger partial charge in [0.05, 0.1) is 23.5 Å². The van der Waals surface area contributed by atoms with Crippen LogP contribution < -0.4 is 10.6 Å². The van der Waals surface area contributed by atoms with E-state index in [1.165, 1.54) is 6.08 Å². The third kappa shape index (κ3) is 7.58. The van der Waals surface area contributed by atoms with E-state index in [1.54, 1.807) is 31.2 Å². The third-order valence-corrected chi connectivity index (χ3v) is 6.00. The van der Waals surface area contributed by atoms with E-state index < -0.39 is 36.2 Å². The van der Waals surface area contributed by atoms with Crippen molar-refractivity contribution >= 4 is 29.5 Å². The monoisotopic (exact) mass is 477 g/mol. The van der Waals surface area contributed by atoms with Crippen LogP contribution in [0.5, 0.6) is 0 Å². The lowest BCUT2D eigenvalue weighted by Gasteiger charge is -2.18. The second-order valence-electron chi connectivity index (χ2n) is 7.70. The van der Waals surface area contributed by atoms with Crippen molar-refractivity contribution in [3.05, 3.63) is 53.1 Å². The van der Waals surface area contributed by atoms with Crippen LogP contribution in [0, 0.1) is 0 Å². The first kappa shape index (κ1) is 24.7. The van der Waals surface area contributed by atoms with Crippen molar-refractivity contribution in [3.8, 4) is 0 Å². The fraction of sp³-hybridized carbons (Fsp3) is 0.455. The summed E-state index contributed by atoms with van der Waals surface area (Å²) >= 11 is 1.15. The summed E-state index contributed by atoms with van der Waals surface area (Å²) in [5.74, 6) is -1.34. The Morgan fingerprint density at radius 3 is 2.82 bits per heavy atom. The van der Waals surface area contributed by atoms with Crippen molar-refractivity contribution in [2.45, 2.75) is 50.5 Å². The van der Waals surface area contributed by atoms with Crippen LogP contribution in [0.15, 0.2) is 46.0 Å². The number of nitrogens with zero attached hydrogens (tertiary/aromatic N) is 1. The number of nitrogens with one attached hydrogen (secondary N) is 2. The maximum atomic E-state index is 12.6. The minimum absolute atomic E-state index is 0.00699. The van der Waals surface area contributed by atoms with Crippen LogP contribution in [0.2, 0.25) is 0 Å². The lowest BCUT2D eigenvalue weighted by Crippen LogP contribution is -2.44. The van der Waals surface area contributed by atoms with E-state index in [0.717, 1.165) is 18.0 Å². The number of aliphatic hydroxyl groups is 2. The van der Waals surface area contributed by atoms with Crippen LogP contribution in [0.4, 0.5) is 0 Å². The quantitative estimate of drug-likeness (QED) is 0.394. The van der Waals surface area contributed by atoms with Crippen molar-refractivity contribution < 1.29 is 33.8 Å². The Bertz CT molecular complexity index is 956. The number of oxazole rings is 1. The second-order valence-corrected chi connectivity index (χ2v) is 8.76. The molecule has 0 saturated heterocycles. The van der Waals surface area contributed by atoms with Crippen LogP contribution >= 0.6 is 11.8 Å². The van der Waals surface area contributed by atoms with Gasteiger partial charge in [0.15, 0.2) is 11.6 Å². The fourth-order valence-electron chi connectivity index (χ4n) is 3.12. The largest absolute Gasteiger partial charge is 0.461 e. The maximum Gasteiger partial charge on any atom is 0.329 e. The summed E-state index contributed by atoms with van der Waals surface area (Å²) < 4.78 is 10.7. The highest BCUT2D eigenvalue weighted by molar-refractivity contribution is 8.04. The second kappa shape index (κ2) is 11.8. The SMILES string of the molecule is CC1C/C=C2\SCC(NC(=O)c3coc(n3)CC(O)CC(O)/C=C/C=C/CNC2=O)C(=O)O1. The molecule has 4 bridgehead atoms. The molecule has 2 aliphatic rings. The van der Waals surface area contributed by atoms with E-state index in [0.29, 0.717) is 11.3 Å². The van der Waals surface area contributed by atoms with Gasteiger partial charge in [0.2, 0.25) is 0 Å². The summed E-state index contributed by atoms with van der Waals surface area (Å²) in [6.07, 6.45) is 7.47. The van der Waals surface area contributed by atoms with Crippen molar-refractivity contribution in [3.63, 3.8) is 0 Å². The molecule has 0 spiro atoms. The predicted molar refractivity (Wildman–Crippen MR) is 120 cm³/mol. The molecular weight excluding hydrogens is 450 g/mol. The van der Waals surface area contributed by atoms with Crippen LogP contribution in [0.1, 0.15) is 36.1 Å². The van der Waals surface area contributed by atoms with Gasteiger partial charge in [-0.25, -0.2) is 9.78 Å². The van der Waals surface area contributed by atoms with Crippen LogP contribution in [0.3, 0.4) is 0 Å². The summed E-state index contributed by atoms with van der Waals surface area (Å²) in [5.41, 5.74) is -0.0589. The summed E-state index contributed by atoms with van der Waals surface area (Å²) in [7, 11) is 0. The van der Waals surface area contributed by atoms with Crippen LogP contribution in [-0.2, 0) is 20.7 Å². The summed E-state index contributed by atoms with van der Waals surface area (Å²) in [6, 6.07) is -1.00. The molecule has 11 heteroatoms. The number of rotatable bonds is 0. The van der Waals surface area contributed by atoms with Crippen molar-refractivity contribution in [1.82, 2.24) is 15.6 Å². The van der Waals surface area contributed by atoms with Gasteiger partial charge in [0, 0.05) is 25.1 Å². The lowest BCUT2D eigenvalue weighted by molar-refractivity contribution is -0.149. The topological polar surface area (TPSA) is 151 Å². The zero-order valence-electron chi connectivity index (χ0n) is 18.1. The highest BCUT2D eigenvalue weighted by Crippen LogP contribution is 2.22. The highest BCUT2D eigenvalue weighted by atomic mass is 32.2. The number of cyclic esters (lactones) is 1. The Morgan fingerprint density at radius 1 is 1.18 bits per heavy atom. The molecule has 178 valence electrons. The first-order chi connectivity index (χ1) is 15.8. The average Bonchev–Trinajstić information content (AvgIpc) is 3.23. The van der Waals surface area contributed by atoms with E-state index in [1.807, 2.05) is 0 Å². The van der Waals surface area contributed by atoms with Gasteiger partial charge in [0.25, 0.3) is 11.8 Å². The molecule has 2 aliphatic heterocycles. The first-order valence-corrected chi connectivity index (χ1v) is 11.6. The van der Waals surface area contributed by atoms with Gasteiger partial charge >= 0.3 is 5.97 Å². The smallest absolute Gasteiger partial charge is 0.329 e. The minimum Gasteiger partial charge on any atom is -0.461 e. The number of hydrogen-bond donors (Lipinski definition) is 4. The maximum absolute atomic E-state index is 12.6. The van der Waals surface area contributed by atoms with E-state index in [9.17, 15) is 24.6 Å². The number of thioether (sulfide) groups is 1. The van der Waals surface area contributed by atoms with Gasteiger partial charge < -0.3 is 30.0 Å². The molecule has 3 heterocycles. The molecule has 0 aliphatic carbocycles. The van der Waals surface area contributed by atoms with Crippen molar-refractivity contribution in [2.24, 2.45) is 0 Å². The van der Waals surface area contributed by atoms with Gasteiger partial charge in [-0.2, -0.15) is 0 Å². The molecular formula is C22H27N3O7S. The molecule has 2 amide bonds. The standard InChI is InChI=1S/C22H27N3O7S/c1-13-6-7-18-21(29)23-8-4-2-3-5-14(26)9-15(27)10-19-24-16(11-31-19)20(28)25-17(12-33-18)22(30)32-13/h2-5,7,11,13-15,17,26-27H,6,8-10,12H2,1H3,(H,23,29)(H,25,28)/b4-2+,5-3+,18-7-. The molecule has 4 atom stereocenters. The molecule has 10 nitrogen and oxygen atoms in total. The van der Waals surface area contributed by atoms with Gasteiger partial charge in [-0.05, 0) is 6.92 Å². The molecule has 33 heavy (non-hydrogen) atoms. The van der Waals surface area contributed by atoms with Gasteiger partial charge in [-0.1, -0.05) is 30.4 Å². The number of aromatic nitrogens is 1. The number of allylic oxidation sites excluding steroid dienone is 2. The summed E-state index contributed by atoms with van der Waals surface area (Å²) in [6.45, 7) is 1.97. The van der Waals surface area contributed by atoms with Gasteiger partial charge in [-0.3, -0.25) is 9.59 Å². The Balaban J connectivity index is 1.84. The minimum atomic E-state index is -1.00. The van der Waals surface area contributed by atoms with E-state index in [-0.39, 0.29) is 42.6 Å². The Morgan fingerprint density at radius 2 is 2.00 bits per heavy atom. The first-order valence-electron chi connectivity index (χ1n) is 10.6. The molecule has 0 radical (unpaired) electrons. The number of esters is 1. The number of aliphatic hydroxyl groups excluding tert-OH is 2. The normalized spacial score (nSPS) is 31.5. The van der Waals surface area contributed by atoms with Crippen LogP contribution in [0.25, 0.3) is 0 Å². The van der Waals surface area contributed by atoms with E-state index in [4.69, 9.17) is 9.15 Å². The zero-order valence-corrected chi connectivity index (χ0v) is 18.9. The average molecular weight is 478 g/mol. The summed E-state index contributed by atoms with van der Waals surface area (Å²) in [5, 5.41) is 25.6. The highest BCUT2D eigenvalue weighted by Gasteiger charge is 2.28. The van der Waals surface area contributed by atoms with Gasteiger partial charge in [0.1, 0.15) is 18.4 Å². The number of amides is 2. The molecule has 0 fully saturated rings. The molecule has 1 aromatic heterocycles. The molecule has 4 unspecified atom stereocenters. The Labute approximate surface area is 195 Å². The van der Waals surface area contributed by atoms with Crippen molar-refractivity contribution in [1.29, 1.82) is 0 Å². The van der Waals surface area contributed by atoms with Crippen LogP contribution in [-0.4, -0.2) is 69.6 Å². The number of hydrogen-bond acceptors (Lipinski definition) is 9. The number of fused-ring (bicyclic) bond motifs is 5. The number of carbonyl (C=O) groups excluding carboxylic acids is 3. The zero-order chi connectivity index (χ0) is 23.8. The van der Waals surface area contributed by atoms with E-state index >= 15 is 0 Å². The van der Waals surface area contributed by atoms with E-state index in [2.05, 4.69) is 15.6 Å². The molecule has 3 rings (SSSR count). The fourth-order valence-corrected chi connectivity index (χ4v) is 4.10. The predicted octanol–water partition coefficient (Wildman–Crippen LogP) is 0.622. The molecule has 0 saturated carbocycles. The number of ether oxygens (including phenoxy) is 1. The van der Waals surface area contributed by atoms with Crippen molar-refractivity contribution in [2.75, 3.05) is 12.3 Å². The summed E-state index contributed by atoms with van der Waals surface area (Å²) in [4.78, 5) is 42.3.